The SMILES string of the molecule is CCc1ccc(Nc2cncc(C(=O)Nc3ccc(F)c(Cl)c3)c2)cc1. The van der Waals surface area contributed by atoms with E-state index in [4.69, 9.17) is 11.6 Å². The van der Waals surface area contributed by atoms with E-state index in [1.807, 2.05) is 24.3 Å². The van der Waals surface area contributed by atoms with Gasteiger partial charge in [-0.15, -0.1) is 0 Å². The Kier molecular flexibility index (Phi) is 5.49. The van der Waals surface area contributed by atoms with E-state index in [9.17, 15) is 9.18 Å². The number of carbonyl (C=O) groups excluding carboxylic acids is 1. The molecule has 2 aromatic carbocycles. The Morgan fingerprint density at radius 1 is 1.04 bits per heavy atom. The Bertz CT molecular complexity index is 929. The molecule has 0 aliphatic carbocycles. The fourth-order valence-electron chi connectivity index (χ4n) is 2.40. The third-order valence-electron chi connectivity index (χ3n) is 3.83. The Hall–Kier alpha value is -2.92. The Morgan fingerprint density at radius 2 is 1.77 bits per heavy atom. The van der Waals surface area contributed by atoms with Gasteiger partial charge in [0.25, 0.3) is 5.91 Å². The lowest BCUT2D eigenvalue weighted by Gasteiger charge is -2.09. The highest BCUT2D eigenvalue weighted by Crippen LogP contribution is 2.21. The zero-order valence-corrected chi connectivity index (χ0v) is 14.8. The van der Waals surface area contributed by atoms with E-state index < -0.39 is 5.82 Å². The number of hydrogen-bond donors (Lipinski definition) is 2. The second-order valence-corrected chi connectivity index (χ2v) is 6.13. The zero-order valence-electron chi connectivity index (χ0n) is 14.1. The summed E-state index contributed by atoms with van der Waals surface area (Å²) in [6, 6.07) is 13.8. The topological polar surface area (TPSA) is 54.0 Å². The Balaban J connectivity index is 1.73. The molecule has 0 aliphatic rings. The fraction of sp³-hybridized carbons (Fsp3) is 0.100. The highest BCUT2D eigenvalue weighted by Gasteiger charge is 2.09. The number of halogens is 2. The lowest BCUT2D eigenvalue weighted by atomic mass is 10.1. The van der Waals surface area contributed by atoms with Gasteiger partial charge < -0.3 is 10.6 Å². The summed E-state index contributed by atoms with van der Waals surface area (Å²) in [6.45, 7) is 2.10. The van der Waals surface area contributed by atoms with Gasteiger partial charge in [-0.3, -0.25) is 9.78 Å². The maximum atomic E-state index is 13.2. The number of benzene rings is 2. The number of pyridine rings is 1. The van der Waals surface area contributed by atoms with Gasteiger partial charge in [-0.05, 0) is 48.4 Å². The number of nitrogens with one attached hydrogen (secondary N) is 2. The maximum absolute atomic E-state index is 13.2. The van der Waals surface area contributed by atoms with Crippen LogP contribution in [-0.4, -0.2) is 10.9 Å². The molecule has 1 aromatic heterocycles. The molecule has 0 radical (unpaired) electrons. The minimum absolute atomic E-state index is 0.0492. The highest BCUT2D eigenvalue weighted by atomic mass is 35.5. The number of aryl methyl sites for hydroxylation is 1. The van der Waals surface area contributed by atoms with Crippen LogP contribution in [0.2, 0.25) is 5.02 Å². The fourth-order valence-corrected chi connectivity index (χ4v) is 2.58. The Labute approximate surface area is 156 Å². The van der Waals surface area contributed by atoms with Crippen LogP contribution in [0.25, 0.3) is 0 Å². The molecule has 26 heavy (non-hydrogen) atoms. The summed E-state index contributed by atoms with van der Waals surface area (Å²) in [7, 11) is 0. The van der Waals surface area contributed by atoms with Crippen molar-refractivity contribution in [1.82, 2.24) is 4.98 Å². The van der Waals surface area contributed by atoms with Crippen molar-refractivity contribution in [3.8, 4) is 0 Å². The summed E-state index contributed by atoms with van der Waals surface area (Å²) in [4.78, 5) is 16.5. The summed E-state index contributed by atoms with van der Waals surface area (Å²) >= 11 is 5.73. The van der Waals surface area contributed by atoms with Crippen molar-refractivity contribution < 1.29 is 9.18 Å². The van der Waals surface area contributed by atoms with Crippen molar-refractivity contribution in [2.24, 2.45) is 0 Å². The molecule has 0 aliphatic heterocycles. The van der Waals surface area contributed by atoms with E-state index in [2.05, 4.69) is 22.5 Å². The van der Waals surface area contributed by atoms with Crippen LogP contribution in [0.5, 0.6) is 0 Å². The van der Waals surface area contributed by atoms with Crippen molar-refractivity contribution >= 4 is 34.6 Å². The number of rotatable bonds is 5. The van der Waals surface area contributed by atoms with Gasteiger partial charge >= 0.3 is 0 Å². The van der Waals surface area contributed by atoms with E-state index in [-0.39, 0.29) is 10.9 Å². The molecule has 0 spiro atoms. The normalized spacial score (nSPS) is 10.4. The molecule has 3 rings (SSSR count). The smallest absolute Gasteiger partial charge is 0.257 e. The van der Waals surface area contributed by atoms with Gasteiger partial charge in [0.2, 0.25) is 0 Å². The van der Waals surface area contributed by atoms with E-state index in [1.165, 1.54) is 30.0 Å². The van der Waals surface area contributed by atoms with Crippen LogP contribution in [0.4, 0.5) is 21.5 Å². The molecule has 4 nitrogen and oxygen atoms in total. The lowest BCUT2D eigenvalue weighted by molar-refractivity contribution is 0.102. The second kappa shape index (κ2) is 7.97. The summed E-state index contributed by atoms with van der Waals surface area (Å²) in [5.41, 5.74) is 3.64. The molecule has 0 saturated heterocycles. The van der Waals surface area contributed by atoms with Gasteiger partial charge in [-0.25, -0.2) is 4.39 Å². The molecule has 2 N–H and O–H groups in total. The number of hydrogen-bond acceptors (Lipinski definition) is 3. The summed E-state index contributed by atoms with van der Waals surface area (Å²) < 4.78 is 13.2. The summed E-state index contributed by atoms with van der Waals surface area (Å²) in [5, 5.41) is 5.84. The first kappa shape index (κ1) is 17.9. The summed E-state index contributed by atoms with van der Waals surface area (Å²) in [6.07, 6.45) is 4.08. The van der Waals surface area contributed by atoms with Crippen LogP contribution >= 0.6 is 11.6 Å². The molecular formula is C20H17ClFN3O. The van der Waals surface area contributed by atoms with Gasteiger partial charge in [-0.1, -0.05) is 30.7 Å². The third-order valence-corrected chi connectivity index (χ3v) is 4.12. The monoisotopic (exact) mass is 369 g/mol. The van der Waals surface area contributed by atoms with Crippen LogP contribution in [-0.2, 0) is 6.42 Å². The Morgan fingerprint density at radius 3 is 2.46 bits per heavy atom. The molecule has 0 bridgehead atoms. The average Bonchev–Trinajstić information content (AvgIpc) is 2.65. The number of aromatic nitrogens is 1. The molecule has 0 fully saturated rings. The van der Waals surface area contributed by atoms with Gasteiger partial charge in [0.1, 0.15) is 5.82 Å². The largest absolute Gasteiger partial charge is 0.354 e. The van der Waals surface area contributed by atoms with E-state index >= 15 is 0 Å². The average molecular weight is 370 g/mol. The van der Waals surface area contributed by atoms with Crippen molar-refractivity contribution in [2.45, 2.75) is 13.3 Å². The van der Waals surface area contributed by atoms with Gasteiger partial charge in [-0.2, -0.15) is 0 Å². The molecule has 0 saturated carbocycles. The van der Waals surface area contributed by atoms with E-state index in [1.54, 1.807) is 12.3 Å². The minimum Gasteiger partial charge on any atom is -0.354 e. The van der Waals surface area contributed by atoms with Crippen molar-refractivity contribution in [1.29, 1.82) is 0 Å². The summed E-state index contributed by atoms with van der Waals surface area (Å²) in [5.74, 6) is -0.892. The van der Waals surface area contributed by atoms with Crippen molar-refractivity contribution in [2.75, 3.05) is 10.6 Å². The zero-order chi connectivity index (χ0) is 18.5. The predicted octanol–water partition coefficient (Wildman–Crippen LogP) is 5.43. The van der Waals surface area contributed by atoms with Crippen LogP contribution in [0.3, 0.4) is 0 Å². The predicted molar refractivity (Wildman–Crippen MR) is 103 cm³/mol. The van der Waals surface area contributed by atoms with Crippen LogP contribution in [0.1, 0.15) is 22.8 Å². The lowest BCUT2D eigenvalue weighted by Crippen LogP contribution is -2.12. The number of nitrogens with zero attached hydrogens (tertiary/aromatic N) is 1. The van der Waals surface area contributed by atoms with Crippen LogP contribution in [0.15, 0.2) is 60.9 Å². The molecule has 0 unspecified atom stereocenters. The van der Waals surface area contributed by atoms with E-state index in [0.29, 0.717) is 16.9 Å². The first-order valence-electron chi connectivity index (χ1n) is 8.12. The quantitative estimate of drug-likeness (QED) is 0.630. The number of anilines is 3. The number of carbonyl (C=O) groups is 1. The van der Waals surface area contributed by atoms with Crippen LogP contribution in [0, 0.1) is 5.82 Å². The van der Waals surface area contributed by atoms with Crippen molar-refractivity contribution in [3.05, 3.63) is 82.9 Å². The van der Waals surface area contributed by atoms with E-state index in [0.717, 1.165) is 12.1 Å². The van der Waals surface area contributed by atoms with Gasteiger partial charge in [0.15, 0.2) is 0 Å². The molecule has 6 heteroatoms. The second-order valence-electron chi connectivity index (χ2n) is 5.72. The van der Waals surface area contributed by atoms with Gasteiger partial charge in [0.05, 0.1) is 22.5 Å². The third kappa shape index (κ3) is 4.37. The first-order valence-corrected chi connectivity index (χ1v) is 8.50. The maximum Gasteiger partial charge on any atom is 0.257 e. The molecule has 132 valence electrons. The van der Waals surface area contributed by atoms with Crippen LogP contribution < -0.4 is 10.6 Å². The molecule has 1 amide bonds. The molecule has 0 atom stereocenters. The molecule has 3 aromatic rings. The molecule has 1 heterocycles. The van der Waals surface area contributed by atoms with Crippen molar-refractivity contribution in [3.63, 3.8) is 0 Å². The van der Waals surface area contributed by atoms with Gasteiger partial charge in [0, 0.05) is 17.6 Å². The highest BCUT2D eigenvalue weighted by molar-refractivity contribution is 6.31. The minimum atomic E-state index is -0.536. The molecular weight excluding hydrogens is 353 g/mol. The number of amides is 1. The standard InChI is InChI=1S/C20H17ClFN3O/c1-2-13-3-5-15(6-4-13)24-17-9-14(11-23-12-17)20(26)25-16-7-8-19(22)18(21)10-16/h3-12,24H,2H2,1H3,(H,25,26). The first-order chi connectivity index (χ1) is 12.5.